The summed E-state index contributed by atoms with van der Waals surface area (Å²) in [5.74, 6) is -0.727. The molecule has 4 heteroatoms. The number of ether oxygens (including phenoxy) is 2. The standard InChI is InChI=1S/C20H30O4/c1-3-5-7-11-15-23-19(21)17-13-9-10-14-18(17)20(22)24-16-12-8-6-4-2/h5-8H,3-4,9-16H2,1-2H3/b7-5+,8-6+. The van der Waals surface area contributed by atoms with E-state index < -0.39 is 0 Å². The molecule has 1 rings (SSSR count). The highest BCUT2D eigenvalue weighted by atomic mass is 16.5. The number of hydrogen-bond donors (Lipinski definition) is 0. The summed E-state index contributed by atoms with van der Waals surface area (Å²) in [5, 5.41) is 0. The largest absolute Gasteiger partial charge is 0.462 e. The molecule has 0 aliphatic heterocycles. The molecule has 134 valence electrons. The normalized spacial score (nSPS) is 15.2. The van der Waals surface area contributed by atoms with Gasteiger partial charge in [-0.1, -0.05) is 38.2 Å². The molecular weight excluding hydrogens is 304 g/mol. The minimum Gasteiger partial charge on any atom is -0.462 e. The van der Waals surface area contributed by atoms with E-state index in [1.807, 2.05) is 24.3 Å². The summed E-state index contributed by atoms with van der Waals surface area (Å²) in [5.41, 5.74) is 1.02. The van der Waals surface area contributed by atoms with E-state index in [-0.39, 0.29) is 11.9 Å². The number of esters is 2. The van der Waals surface area contributed by atoms with Crippen LogP contribution in [0.25, 0.3) is 0 Å². The van der Waals surface area contributed by atoms with Crippen LogP contribution in [0.5, 0.6) is 0 Å². The maximum Gasteiger partial charge on any atom is 0.334 e. The van der Waals surface area contributed by atoms with Gasteiger partial charge in [0.25, 0.3) is 0 Å². The quantitative estimate of drug-likeness (QED) is 0.331. The Morgan fingerprint density at radius 2 is 1.21 bits per heavy atom. The highest BCUT2D eigenvalue weighted by Crippen LogP contribution is 2.26. The summed E-state index contributed by atoms with van der Waals surface area (Å²) in [6.45, 7) is 4.82. The van der Waals surface area contributed by atoms with E-state index in [0.717, 1.165) is 25.7 Å². The van der Waals surface area contributed by atoms with Crippen molar-refractivity contribution in [1.29, 1.82) is 0 Å². The van der Waals surface area contributed by atoms with E-state index in [4.69, 9.17) is 9.47 Å². The van der Waals surface area contributed by atoms with Crippen molar-refractivity contribution in [3.8, 4) is 0 Å². The van der Waals surface area contributed by atoms with Crippen LogP contribution in [0.2, 0.25) is 0 Å². The Hall–Kier alpha value is -1.84. The van der Waals surface area contributed by atoms with Crippen molar-refractivity contribution >= 4 is 11.9 Å². The monoisotopic (exact) mass is 334 g/mol. The van der Waals surface area contributed by atoms with E-state index in [1.165, 1.54) is 0 Å². The second kappa shape index (κ2) is 12.6. The molecule has 0 saturated heterocycles. The van der Waals surface area contributed by atoms with Gasteiger partial charge in [0, 0.05) is 11.1 Å². The summed E-state index contributed by atoms with van der Waals surface area (Å²) >= 11 is 0. The lowest BCUT2D eigenvalue weighted by atomic mass is 9.92. The molecule has 4 nitrogen and oxygen atoms in total. The van der Waals surface area contributed by atoms with Gasteiger partial charge >= 0.3 is 11.9 Å². The van der Waals surface area contributed by atoms with E-state index in [9.17, 15) is 9.59 Å². The summed E-state index contributed by atoms with van der Waals surface area (Å²) in [4.78, 5) is 24.5. The molecule has 1 aliphatic rings. The van der Waals surface area contributed by atoms with E-state index in [2.05, 4.69) is 13.8 Å². The second-order valence-electron chi connectivity index (χ2n) is 5.77. The second-order valence-corrected chi connectivity index (χ2v) is 5.77. The fraction of sp³-hybridized carbons (Fsp3) is 0.600. The van der Waals surface area contributed by atoms with Crippen LogP contribution in [-0.2, 0) is 19.1 Å². The molecule has 0 unspecified atom stereocenters. The minimum atomic E-state index is -0.363. The number of hydrogen-bond acceptors (Lipinski definition) is 4. The third-order valence-electron chi connectivity index (χ3n) is 3.80. The molecule has 0 atom stereocenters. The molecule has 24 heavy (non-hydrogen) atoms. The van der Waals surface area contributed by atoms with Crippen molar-refractivity contribution in [3.05, 3.63) is 35.5 Å². The summed E-state index contributed by atoms with van der Waals surface area (Å²) in [7, 11) is 0. The molecule has 0 heterocycles. The van der Waals surface area contributed by atoms with E-state index >= 15 is 0 Å². The Bertz CT molecular complexity index is 442. The average molecular weight is 334 g/mol. The van der Waals surface area contributed by atoms with E-state index in [1.54, 1.807) is 0 Å². The van der Waals surface area contributed by atoms with Gasteiger partial charge in [0.05, 0.1) is 13.2 Å². The topological polar surface area (TPSA) is 52.6 Å². The minimum absolute atomic E-state index is 0.350. The Morgan fingerprint density at radius 1 is 0.792 bits per heavy atom. The lowest BCUT2D eigenvalue weighted by Gasteiger charge is -2.18. The first-order valence-corrected chi connectivity index (χ1v) is 9.06. The molecule has 0 fully saturated rings. The van der Waals surface area contributed by atoms with Crippen LogP contribution in [0.1, 0.15) is 65.2 Å². The van der Waals surface area contributed by atoms with Gasteiger partial charge in [0.1, 0.15) is 0 Å². The zero-order valence-corrected chi connectivity index (χ0v) is 15.0. The Kier molecular flexibility index (Phi) is 10.6. The van der Waals surface area contributed by atoms with Gasteiger partial charge in [-0.2, -0.15) is 0 Å². The van der Waals surface area contributed by atoms with Crippen molar-refractivity contribution in [2.45, 2.75) is 65.2 Å². The molecule has 0 aromatic heterocycles. The Labute approximate surface area is 145 Å². The predicted molar refractivity (Wildman–Crippen MR) is 95.5 cm³/mol. The molecule has 0 amide bonds. The van der Waals surface area contributed by atoms with Crippen LogP contribution < -0.4 is 0 Å². The summed E-state index contributed by atoms with van der Waals surface area (Å²) in [6.07, 6.45) is 14.5. The van der Waals surface area contributed by atoms with Crippen molar-refractivity contribution in [2.75, 3.05) is 13.2 Å². The fourth-order valence-corrected chi connectivity index (χ4v) is 2.54. The van der Waals surface area contributed by atoms with Crippen LogP contribution in [0.15, 0.2) is 35.5 Å². The van der Waals surface area contributed by atoms with Gasteiger partial charge in [-0.25, -0.2) is 9.59 Å². The predicted octanol–water partition coefficient (Wildman–Crippen LogP) is 4.66. The highest BCUT2D eigenvalue weighted by Gasteiger charge is 2.25. The first kappa shape index (κ1) is 20.2. The Balaban J connectivity index is 2.55. The van der Waals surface area contributed by atoms with E-state index in [0.29, 0.717) is 50.0 Å². The zero-order chi connectivity index (χ0) is 17.6. The maximum atomic E-state index is 12.2. The molecule has 1 aliphatic carbocycles. The van der Waals surface area contributed by atoms with Crippen LogP contribution in [-0.4, -0.2) is 25.2 Å². The molecular formula is C20H30O4. The number of rotatable bonds is 10. The third-order valence-corrected chi connectivity index (χ3v) is 3.80. The first-order valence-electron chi connectivity index (χ1n) is 9.06. The molecule has 0 saturated carbocycles. The van der Waals surface area contributed by atoms with Gasteiger partial charge in [0.15, 0.2) is 0 Å². The Morgan fingerprint density at radius 3 is 1.58 bits per heavy atom. The van der Waals surface area contributed by atoms with Crippen molar-refractivity contribution in [2.24, 2.45) is 0 Å². The lowest BCUT2D eigenvalue weighted by molar-refractivity contribution is -0.142. The van der Waals surface area contributed by atoms with Crippen LogP contribution in [0, 0.1) is 0 Å². The van der Waals surface area contributed by atoms with Crippen LogP contribution in [0.3, 0.4) is 0 Å². The van der Waals surface area contributed by atoms with Gasteiger partial charge in [-0.3, -0.25) is 0 Å². The molecule has 0 radical (unpaired) electrons. The van der Waals surface area contributed by atoms with Crippen molar-refractivity contribution in [1.82, 2.24) is 0 Å². The smallest absolute Gasteiger partial charge is 0.334 e. The molecule has 0 aromatic rings. The molecule has 0 bridgehead atoms. The molecule has 0 N–H and O–H groups in total. The number of carbonyl (C=O) groups is 2. The third kappa shape index (κ3) is 7.62. The van der Waals surface area contributed by atoms with Crippen molar-refractivity contribution < 1.29 is 19.1 Å². The van der Waals surface area contributed by atoms with Crippen molar-refractivity contribution in [3.63, 3.8) is 0 Å². The van der Waals surface area contributed by atoms with Crippen LogP contribution >= 0.6 is 0 Å². The first-order chi connectivity index (χ1) is 11.7. The summed E-state index contributed by atoms with van der Waals surface area (Å²) < 4.78 is 10.6. The SMILES string of the molecule is CC/C=C/CCOC(=O)C1=C(C(=O)OCC/C=C/CC)CCCC1. The van der Waals surface area contributed by atoms with Gasteiger partial charge < -0.3 is 9.47 Å². The maximum absolute atomic E-state index is 12.2. The lowest BCUT2D eigenvalue weighted by Crippen LogP contribution is -2.20. The van der Waals surface area contributed by atoms with Crippen LogP contribution in [0.4, 0.5) is 0 Å². The van der Waals surface area contributed by atoms with Gasteiger partial charge in [-0.05, 0) is 51.4 Å². The number of carbonyl (C=O) groups excluding carboxylic acids is 2. The summed E-state index contributed by atoms with van der Waals surface area (Å²) in [6, 6.07) is 0. The molecule has 0 aromatic carbocycles. The van der Waals surface area contributed by atoms with Gasteiger partial charge in [-0.15, -0.1) is 0 Å². The highest BCUT2D eigenvalue weighted by molar-refractivity contribution is 6.00. The average Bonchev–Trinajstić information content (AvgIpc) is 2.61. The fourth-order valence-electron chi connectivity index (χ4n) is 2.54. The number of allylic oxidation sites excluding steroid dienone is 2. The van der Waals surface area contributed by atoms with Gasteiger partial charge in [0.2, 0.25) is 0 Å². The zero-order valence-electron chi connectivity index (χ0n) is 15.0. The molecule has 0 spiro atoms.